The molecule has 0 aliphatic rings. The minimum Gasteiger partial charge on any atom is -0.480 e. The van der Waals surface area contributed by atoms with Crippen molar-refractivity contribution in [2.75, 3.05) is 5.70 Å². The lowest BCUT2D eigenvalue weighted by Crippen LogP contribution is -2.31. The lowest BCUT2D eigenvalue weighted by molar-refractivity contribution is -0.137. The maximum Gasteiger partial charge on any atom is 0.321 e. The topological polar surface area (TPSA) is 63.3 Å². The number of hydrogen-bond donors (Lipinski definition) is 3. The van der Waals surface area contributed by atoms with E-state index in [4.69, 9.17) is 12.0 Å². The van der Waals surface area contributed by atoms with Gasteiger partial charge in [0.2, 0.25) is 0 Å². The summed E-state index contributed by atoms with van der Waals surface area (Å²) in [6.07, 6.45) is 0. The molecular weight excluding hydrogens is 114 g/mol. The predicted octanol–water partition coefficient (Wildman–Crippen LogP) is -0.672. The monoisotopic (exact) mass is 126 g/mol. The number of hydrogen-bond acceptors (Lipinski definition) is 3. The van der Waals surface area contributed by atoms with Crippen LogP contribution in [0.15, 0.2) is 0 Å². The lowest BCUT2D eigenvalue weighted by atomic mass is 10.4. The third-order valence-corrected chi connectivity index (χ3v) is 0.520. The van der Waals surface area contributed by atoms with Gasteiger partial charge in [0, 0.05) is 8.45 Å². The second kappa shape index (κ2) is 2.87. The molecule has 0 saturated carbocycles. The second-order valence-corrected chi connectivity index (χ2v) is 0.989. The van der Waals surface area contributed by atoms with Gasteiger partial charge in [0.1, 0.15) is 8.84 Å². The Morgan fingerprint density at radius 1 is 2.57 bits per heavy atom. The first-order valence-corrected chi connectivity index (χ1v) is 1.82. The molecule has 0 heterocycles. The molecular formula is C3H7NO2S. The Morgan fingerprint density at radius 3 is 3.14 bits per heavy atom. The molecule has 0 aromatic heterocycles. The van der Waals surface area contributed by atoms with Crippen molar-refractivity contribution in [2.45, 2.75) is 6.02 Å². The van der Waals surface area contributed by atoms with Gasteiger partial charge in [-0.1, -0.05) is 0 Å². The summed E-state index contributed by atoms with van der Waals surface area (Å²) in [6.45, 7) is 0. The van der Waals surface area contributed by atoms with Crippen molar-refractivity contribution in [1.29, 1.82) is 0 Å². The minimum atomic E-state index is -3.03. The Hall–Kier alpha value is -0.220. The van der Waals surface area contributed by atoms with Crippen molar-refractivity contribution in [2.24, 2.45) is 5.72 Å². The molecule has 0 aliphatic carbocycles. The van der Waals surface area contributed by atoms with Crippen LogP contribution >= 0.6 is 12.6 Å². The molecule has 0 spiro atoms. The minimum absolute atomic E-state index is 0.539. The van der Waals surface area contributed by atoms with E-state index in [2.05, 4.69) is 12.6 Å². The Labute approximate surface area is 54.1 Å². The molecule has 0 unspecified atom stereocenters. The molecule has 42 valence electrons. The average Bonchev–Trinajstić information content (AvgIpc) is 1.82. The van der Waals surface area contributed by atoms with E-state index in [1.807, 2.05) is 0 Å². The normalized spacial score (nSPS) is 30.9. The number of carboxylic acids is 1. The Morgan fingerprint density at radius 2 is 3.14 bits per heavy atom. The highest BCUT2D eigenvalue weighted by Crippen LogP contribution is 1.80. The largest absolute Gasteiger partial charge is 0.480 e. The standard InChI is InChI=1S/C3H7NO2S/c4-2(1-7)3(5)6/h2,7H,1,4H2,(H,5,6)/t2-/m0/s1/i1D2,2D/hD2. The number of aliphatic carboxylic acids is 1. The summed E-state index contributed by atoms with van der Waals surface area (Å²) in [5.41, 5.74) is -3.33. The highest BCUT2D eigenvalue weighted by atomic mass is 32.1. The van der Waals surface area contributed by atoms with Gasteiger partial charge in [0.15, 0.2) is 0 Å². The van der Waals surface area contributed by atoms with Crippen LogP contribution < -0.4 is 5.72 Å². The highest BCUT2D eigenvalue weighted by molar-refractivity contribution is 7.80. The quantitative estimate of drug-likeness (QED) is 0.439. The van der Waals surface area contributed by atoms with Gasteiger partial charge in [-0.3, -0.25) is 4.79 Å². The summed E-state index contributed by atoms with van der Waals surface area (Å²) < 4.78 is 33.8. The number of carboxylic acid groups (broad SMARTS) is 1. The first-order chi connectivity index (χ1) is 5.14. The van der Waals surface area contributed by atoms with Crippen LogP contribution in [0, 0.1) is 0 Å². The molecule has 0 radical (unpaired) electrons. The van der Waals surface area contributed by atoms with E-state index in [1.165, 1.54) is 0 Å². The van der Waals surface area contributed by atoms with E-state index in [0.29, 0.717) is 0 Å². The Kier molecular flexibility index (Phi) is 0.800. The second-order valence-electron chi connectivity index (χ2n) is 0.766. The van der Waals surface area contributed by atoms with Crippen LogP contribution in [0.4, 0.5) is 0 Å². The predicted molar refractivity (Wildman–Crippen MR) is 29.5 cm³/mol. The summed E-state index contributed by atoms with van der Waals surface area (Å²) in [5.74, 6) is -1.94. The van der Waals surface area contributed by atoms with Gasteiger partial charge in [0.05, 0.1) is 1.37 Å². The van der Waals surface area contributed by atoms with E-state index in [0.717, 1.165) is 0 Å². The van der Waals surface area contributed by atoms with Gasteiger partial charge in [-0.15, -0.1) is 0 Å². The fourth-order valence-electron chi connectivity index (χ4n) is 0.0478. The summed E-state index contributed by atoms with van der Waals surface area (Å²) in [5, 5.41) is 8.38. The fourth-order valence-corrected chi connectivity index (χ4v) is 0.143. The number of carbonyl (C=O) groups is 1. The third-order valence-electron chi connectivity index (χ3n) is 0.308. The average molecular weight is 126 g/mol. The number of thiol groups is 1. The van der Waals surface area contributed by atoms with E-state index < -0.39 is 23.4 Å². The van der Waals surface area contributed by atoms with Gasteiger partial charge in [-0.2, -0.15) is 12.6 Å². The molecule has 0 saturated heterocycles. The molecule has 0 amide bonds. The van der Waals surface area contributed by atoms with Crippen LogP contribution in [-0.2, 0) is 4.79 Å². The van der Waals surface area contributed by atoms with Crippen LogP contribution in [0.1, 0.15) is 4.11 Å². The molecule has 0 aromatic rings. The first-order valence-electron chi connectivity index (χ1n) is 3.77. The molecule has 4 heteroatoms. The molecule has 0 bridgehead atoms. The summed E-state index contributed by atoms with van der Waals surface area (Å²) in [4.78, 5) is 10.4. The fraction of sp³-hybridized carbons (Fsp3) is 0.667. The van der Waals surface area contributed by atoms with Crippen LogP contribution in [-0.4, -0.2) is 22.8 Å². The Balaban J connectivity index is 5.02. The van der Waals surface area contributed by atoms with Crippen LogP contribution in [0.3, 0.4) is 0 Å². The van der Waals surface area contributed by atoms with E-state index >= 15 is 0 Å². The molecule has 1 atom stereocenters. The van der Waals surface area contributed by atoms with Crippen molar-refractivity contribution < 1.29 is 16.8 Å². The zero-order chi connectivity index (χ0) is 10.2. The molecule has 3 nitrogen and oxygen atoms in total. The van der Waals surface area contributed by atoms with Gasteiger partial charge < -0.3 is 10.8 Å². The van der Waals surface area contributed by atoms with Crippen LogP contribution in [0.25, 0.3) is 0 Å². The molecule has 0 aromatic carbocycles. The maximum absolute atomic E-state index is 10.4. The third kappa shape index (κ3) is 2.47. The SMILES string of the molecule is [2H]N([2H])[C@]([2H])(C(=O)O)C([2H])([2H])S. The molecule has 7 heavy (non-hydrogen) atoms. The lowest BCUT2D eigenvalue weighted by Gasteiger charge is -1.96. The smallest absolute Gasteiger partial charge is 0.321 e. The van der Waals surface area contributed by atoms with Crippen molar-refractivity contribution in [1.82, 2.24) is 0 Å². The highest BCUT2D eigenvalue weighted by Gasteiger charge is 2.06. The van der Waals surface area contributed by atoms with Gasteiger partial charge >= 0.3 is 5.97 Å². The number of rotatable bonds is 3. The van der Waals surface area contributed by atoms with Crippen molar-refractivity contribution in [3.63, 3.8) is 0 Å². The molecule has 0 aliphatic heterocycles. The maximum atomic E-state index is 10.4. The van der Waals surface area contributed by atoms with E-state index in [9.17, 15) is 4.79 Å². The summed E-state index contributed by atoms with van der Waals surface area (Å²) in [7, 11) is 0. The van der Waals surface area contributed by atoms with Gasteiger partial charge in [-0.25, -0.2) is 0 Å². The van der Waals surface area contributed by atoms with Crippen molar-refractivity contribution >= 4 is 18.6 Å². The van der Waals surface area contributed by atoms with Gasteiger partial charge in [-0.05, 0) is 0 Å². The summed E-state index contributed by atoms with van der Waals surface area (Å²) >= 11 is 3.20. The zero-order valence-corrected chi connectivity index (χ0v) is 4.14. The van der Waals surface area contributed by atoms with Crippen LogP contribution in [0.2, 0.25) is 2.82 Å². The van der Waals surface area contributed by atoms with E-state index in [1.54, 1.807) is 0 Å². The molecule has 3 N–H and O–H groups in total. The zero-order valence-electron chi connectivity index (χ0n) is 8.25. The van der Waals surface area contributed by atoms with Crippen molar-refractivity contribution in [3.8, 4) is 0 Å². The van der Waals surface area contributed by atoms with E-state index in [-0.39, 0.29) is 0 Å². The first kappa shape index (κ1) is 1.95. The molecule has 0 fully saturated rings. The van der Waals surface area contributed by atoms with Gasteiger partial charge in [0.25, 0.3) is 0 Å². The summed E-state index contributed by atoms with van der Waals surface area (Å²) in [6, 6.07) is -3.03. The van der Waals surface area contributed by atoms with Crippen molar-refractivity contribution in [3.05, 3.63) is 0 Å². The van der Waals surface area contributed by atoms with Crippen LogP contribution in [0.5, 0.6) is 0 Å². The number of nitrogens with two attached hydrogens (primary N) is 1. The molecule has 0 rings (SSSR count). The Bertz CT molecular complexity index is 194.